The average molecular weight is 393 g/mol. The summed E-state index contributed by atoms with van der Waals surface area (Å²) in [4.78, 5) is 21.2. The van der Waals surface area contributed by atoms with Gasteiger partial charge in [0.05, 0.1) is 12.1 Å². The second-order valence-corrected chi connectivity index (χ2v) is 6.44. The highest BCUT2D eigenvalue weighted by Crippen LogP contribution is 2.26. The number of carbonyl (C=O) groups excluding carboxylic acids is 1. The fourth-order valence-electron chi connectivity index (χ4n) is 2.66. The summed E-state index contributed by atoms with van der Waals surface area (Å²) in [7, 11) is 0. The standard InChI is InChI=1S/C17H17F2N5O2S/c1-9-11(10(2)24-16(20-9)22-17(23-24)27-3)8-14(25)21-12-6-4-5-7-13(12)26-15(18)19/h4-7,15H,8H2,1-3H3,(H,21,25). The van der Waals surface area contributed by atoms with Gasteiger partial charge >= 0.3 is 6.61 Å². The molecule has 7 nitrogen and oxygen atoms in total. The van der Waals surface area contributed by atoms with Gasteiger partial charge in [-0.2, -0.15) is 13.8 Å². The van der Waals surface area contributed by atoms with Crippen molar-refractivity contribution in [3.63, 3.8) is 0 Å². The Balaban J connectivity index is 1.84. The molecule has 1 aromatic carbocycles. The molecule has 0 aliphatic heterocycles. The highest BCUT2D eigenvalue weighted by molar-refractivity contribution is 7.98. The van der Waals surface area contributed by atoms with E-state index in [0.717, 1.165) is 5.69 Å². The Bertz CT molecular complexity index is 993. The molecule has 0 unspecified atom stereocenters. The molecule has 1 amide bonds. The lowest BCUT2D eigenvalue weighted by atomic mass is 10.1. The second kappa shape index (κ2) is 7.87. The van der Waals surface area contributed by atoms with Crippen molar-refractivity contribution in [2.24, 2.45) is 0 Å². The van der Waals surface area contributed by atoms with Crippen LogP contribution in [0.3, 0.4) is 0 Å². The van der Waals surface area contributed by atoms with Gasteiger partial charge in [-0.3, -0.25) is 4.79 Å². The Kier molecular flexibility index (Phi) is 5.54. The molecule has 0 radical (unpaired) electrons. The molecule has 0 atom stereocenters. The van der Waals surface area contributed by atoms with Gasteiger partial charge < -0.3 is 10.1 Å². The summed E-state index contributed by atoms with van der Waals surface area (Å²) in [5.41, 5.74) is 2.28. The van der Waals surface area contributed by atoms with Gasteiger partial charge in [0.2, 0.25) is 11.1 Å². The molecule has 0 spiro atoms. The summed E-state index contributed by atoms with van der Waals surface area (Å²) in [6.07, 6.45) is 1.88. The van der Waals surface area contributed by atoms with Crippen LogP contribution in [-0.4, -0.2) is 38.4 Å². The normalized spacial score (nSPS) is 11.2. The molecular formula is C17H17F2N5O2S. The van der Waals surface area contributed by atoms with Gasteiger partial charge in [-0.15, -0.1) is 5.10 Å². The Labute approximate surface area is 158 Å². The summed E-state index contributed by atoms with van der Waals surface area (Å²) in [5.74, 6) is -0.00387. The van der Waals surface area contributed by atoms with Gasteiger partial charge in [-0.25, -0.2) is 9.50 Å². The van der Waals surface area contributed by atoms with E-state index in [2.05, 4.69) is 25.1 Å². The predicted molar refractivity (Wildman–Crippen MR) is 97.4 cm³/mol. The summed E-state index contributed by atoms with van der Waals surface area (Å²) < 4.78 is 31.0. The lowest BCUT2D eigenvalue weighted by Crippen LogP contribution is -2.18. The second-order valence-electron chi connectivity index (χ2n) is 5.67. The number of benzene rings is 1. The highest BCUT2D eigenvalue weighted by atomic mass is 32.2. The van der Waals surface area contributed by atoms with Crippen molar-refractivity contribution in [2.45, 2.75) is 32.0 Å². The van der Waals surface area contributed by atoms with Gasteiger partial charge in [-0.1, -0.05) is 23.9 Å². The minimum atomic E-state index is -2.97. The lowest BCUT2D eigenvalue weighted by Gasteiger charge is -2.13. The number of rotatable bonds is 6. The smallest absolute Gasteiger partial charge is 0.387 e. The van der Waals surface area contributed by atoms with E-state index in [1.54, 1.807) is 23.6 Å². The summed E-state index contributed by atoms with van der Waals surface area (Å²) >= 11 is 1.40. The zero-order valence-electron chi connectivity index (χ0n) is 14.9. The third-order valence-corrected chi connectivity index (χ3v) is 4.46. The van der Waals surface area contributed by atoms with Crippen LogP contribution in [0.15, 0.2) is 29.4 Å². The molecule has 3 rings (SSSR count). The van der Waals surface area contributed by atoms with E-state index >= 15 is 0 Å². The van der Waals surface area contributed by atoms with Crippen molar-refractivity contribution >= 4 is 29.1 Å². The first-order valence-corrected chi connectivity index (χ1v) is 9.22. The van der Waals surface area contributed by atoms with Gasteiger partial charge in [0.15, 0.2) is 0 Å². The van der Waals surface area contributed by atoms with E-state index in [-0.39, 0.29) is 23.8 Å². The number of aromatic nitrogens is 4. The minimum absolute atomic E-state index is 0.0120. The van der Waals surface area contributed by atoms with Gasteiger partial charge in [0.25, 0.3) is 5.78 Å². The molecule has 0 fully saturated rings. The van der Waals surface area contributed by atoms with Crippen LogP contribution in [0.5, 0.6) is 5.75 Å². The number of aryl methyl sites for hydroxylation is 2. The maximum Gasteiger partial charge on any atom is 0.387 e. The molecule has 1 N–H and O–H groups in total. The summed E-state index contributed by atoms with van der Waals surface area (Å²) in [5, 5.41) is 7.54. The van der Waals surface area contributed by atoms with E-state index in [4.69, 9.17) is 0 Å². The molecule has 0 aliphatic carbocycles. The predicted octanol–water partition coefficient (Wildman–Crippen LogP) is 3.25. The highest BCUT2D eigenvalue weighted by Gasteiger charge is 2.17. The third kappa shape index (κ3) is 4.16. The summed E-state index contributed by atoms with van der Waals surface area (Å²) in [6, 6.07) is 6.04. The fraction of sp³-hybridized carbons (Fsp3) is 0.294. The Morgan fingerprint density at radius 2 is 2.04 bits per heavy atom. The maximum absolute atomic E-state index is 12.5. The first-order valence-electron chi connectivity index (χ1n) is 7.99. The molecule has 27 heavy (non-hydrogen) atoms. The van der Waals surface area contributed by atoms with E-state index in [0.29, 0.717) is 22.2 Å². The van der Waals surface area contributed by atoms with Gasteiger partial charge in [0, 0.05) is 17.0 Å². The number of thioether (sulfide) groups is 1. The molecule has 2 aromatic heterocycles. The lowest BCUT2D eigenvalue weighted by molar-refractivity contribution is -0.115. The number of anilines is 1. The molecule has 0 bridgehead atoms. The molecule has 0 saturated carbocycles. The zero-order chi connectivity index (χ0) is 19.6. The van der Waals surface area contributed by atoms with Crippen molar-refractivity contribution in [2.75, 3.05) is 11.6 Å². The molecule has 10 heteroatoms. The van der Waals surface area contributed by atoms with E-state index < -0.39 is 6.61 Å². The Morgan fingerprint density at radius 1 is 1.30 bits per heavy atom. The maximum atomic E-state index is 12.5. The number of hydrogen-bond acceptors (Lipinski definition) is 6. The molecule has 3 aromatic rings. The van der Waals surface area contributed by atoms with E-state index in [9.17, 15) is 13.6 Å². The number of halogens is 2. The monoisotopic (exact) mass is 393 g/mol. The number of para-hydroxylation sites is 2. The SMILES string of the molecule is CSc1nc2nc(C)c(CC(=O)Nc3ccccc3OC(F)F)c(C)n2n1. The van der Waals surface area contributed by atoms with Gasteiger partial charge in [-0.05, 0) is 32.2 Å². The summed E-state index contributed by atoms with van der Waals surface area (Å²) in [6.45, 7) is 0.644. The van der Waals surface area contributed by atoms with Crippen molar-refractivity contribution in [3.05, 3.63) is 41.2 Å². The van der Waals surface area contributed by atoms with Crippen LogP contribution >= 0.6 is 11.8 Å². The number of nitrogens with zero attached hydrogens (tertiary/aromatic N) is 4. The number of ether oxygens (including phenoxy) is 1. The molecular weight excluding hydrogens is 376 g/mol. The first kappa shape index (κ1) is 19.0. The quantitative estimate of drug-likeness (QED) is 0.648. The largest absolute Gasteiger partial charge is 0.433 e. The molecule has 2 heterocycles. The van der Waals surface area contributed by atoms with Crippen LogP contribution in [0, 0.1) is 13.8 Å². The number of hydrogen-bond donors (Lipinski definition) is 1. The number of alkyl halides is 2. The number of nitrogens with one attached hydrogen (secondary N) is 1. The van der Waals surface area contributed by atoms with E-state index in [1.165, 1.54) is 23.9 Å². The van der Waals surface area contributed by atoms with Crippen LogP contribution in [0.25, 0.3) is 5.78 Å². The van der Waals surface area contributed by atoms with Crippen LogP contribution in [0.1, 0.15) is 17.0 Å². The number of fused-ring (bicyclic) bond motifs is 1. The van der Waals surface area contributed by atoms with Crippen molar-refractivity contribution < 1.29 is 18.3 Å². The van der Waals surface area contributed by atoms with Crippen LogP contribution < -0.4 is 10.1 Å². The van der Waals surface area contributed by atoms with Crippen molar-refractivity contribution in [1.82, 2.24) is 19.6 Å². The first-order chi connectivity index (χ1) is 12.9. The minimum Gasteiger partial charge on any atom is -0.433 e. The topological polar surface area (TPSA) is 81.4 Å². The van der Waals surface area contributed by atoms with Crippen molar-refractivity contribution in [3.8, 4) is 5.75 Å². The Hall–Kier alpha value is -2.75. The molecule has 0 aliphatic rings. The number of amides is 1. The van der Waals surface area contributed by atoms with Gasteiger partial charge in [0.1, 0.15) is 5.75 Å². The van der Waals surface area contributed by atoms with Crippen LogP contribution in [0.2, 0.25) is 0 Å². The van der Waals surface area contributed by atoms with Crippen LogP contribution in [-0.2, 0) is 11.2 Å². The Morgan fingerprint density at radius 3 is 2.74 bits per heavy atom. The fourth-order valence-corrected chi connectivity index (χ4v) is 2.99. The van der Waals surface area contributed by atoms with E-state index in [1.807, 2.05) is 13.2 Å². The third-order valence-electron chi connectivity index (χ3n) is 3.93. The zero-order valence-corrected chi connectivity index (χ0v) is 15.7. The molecule has 142 valence electrons. The molecule has 0 saturated heterocycles. The van der Waals surface area contributed by atoms with Crippen LogP contribution in [0.4, 0.5) is 14.5 Å². The average Bonchev–Trinajstić information content (AvgIpc) is 3.03. The van der Waals surface area contributed by atoms with Crippen molar-refractivity contribution in [1.29, 1.82) is 0 Å². The number of carbonyl (C=O) groups is 1.